The molecule has 7 heteroatoms. The first-order valence-corrected chi connectivity index (χ1v) is 9.11. The Hall–Kier alpha value is -2.80. The Kier molecular flexibility index (Phi) is 6.80. The summed E-state index contributed by atoms with van der Waals surface area (Å²) in [4.78, 5) is 36.5. The largest absolute Gasteiger partial charge is 0.452 e. The predicted molar refractivity (Wildman–Crippen MR) is 102 cm³/mol. The van der Waals surface area contributed by atoms with Crippen LogP contribution in [0.4, 0.5) is 10.5 Å². The molecule has 0 spiro atoms. The lowest BCUT2D eigenvalue weighted by Crippen LogP contribution is -2.37. The number of carbonyl (C=O) groups excluding carboxylic acids is 3. The first-order valence-electron chi connectivity index (χ1n) is 7.88. The average Bonchev–Trinajstić information content (AvgIpc) is 2.62. The number of rotatable bonds is 5. The second kappa shape index (κ2) is 9.05. The molecule has 0 saturated carbocycles. The minimum atomic E-state index is -0.707. The van der Waals surface area contributed by atoms with Crippen LogP contribution >= 0.6 is 11.8 Å². The van der Waals surface area contributed by atoms with Gasteiger partial charge in [-0.05, 0) is 56.0 Å². The van der Waals surface area contributed by atoms with Crippen molar-refractivity contribution in [3.63, 3.8) is 0 Å². The first-order chi connectivity index (χ1) is 12.4. The van der Waals surface area contributed by atoms with E-state index in [0.29, 0.717) is 11.3 Å². The Morgan fingerprint density at radius 2 is 1.73 bits per heavy atom. The Balaban J connectivity index is 1.81. The molecule has 0 radical (unpaired) electrons. The number of urea groups is 1. The molecule has 2 aromatic rings. The summed E-state index contributed by atoms with van der Waals surface area (Å²) in [7, 11) is 0. The Bertz CT molecular complexity index is 819. The van der Waals surface area contributed by atoms with Gasteiger partial charge in [-0.1, -0.05) is 17.7 Å². The van der Waals surface area contributed by atoms with Crippen molar-refractivity contribution in [2.45, 2.75) is 18.7 Å². The quantitative estimate of drug-likeness (QED) is 0.620. The van der Waals surface area contributed by atoms with Crippen molar-refractivity contribution in [1.29, 1.82) is 0 Å². The molecule has 0 unspecified atom stereocenters. The molecule has 0 aliphatic rings. The topological polar surface area (TPSA) is 84.5 Å². The second-order valence-corrected chi connectivity index (χ2v) is 6.50. The van der Waals surface area contributed by atoms with Crippen molar-refractivity contribution < 1.29 is 19.1 Å². The van der Waals surface area contributed by atoms with Crippen LogP contribution < -0.4 is 10.6 Å². The van der Waals surface area contributed by atoms with E-state index in [2.05, 4.69) is 10.6 Å². The molecule has 0 aliphatic heterocycles. The summed E-state index contributed by atoms with van der Waals surface area (Å²) in [5.41, 5.74) is 2.90. The van der Waals surface area contributed by atoms with E-state index < -0.39 is 24.5 Å². The van der Waals surface area contributed by atoms with Gasteiger partial charge in [0, 0.05) is 10.6 Å². The molecule has 2 rings (SSSR count). The fourth-order valence-corrected chi connectivity index (χ4v) is 2.62. The lowest BCUT2D eigenvalue weighted by Gasteiger charge is -2.10. The smallest absolute Gasteiger partial charge is 0.338 e. The Labute approximate surface area is 156 Å². The molecule has 0 saturated heterocycles. The number of thioether (sulfide) groups is 1. The van der Waals surface area contributed by atoms with Gasteiger partial charge >= 0.3 is 12.0 Å². The summed E-state index contributed by atoms with van der Waals surface area (Å²) < 4.78 is 4.92. The highest BCUT2D eigenvalue weighted by Gasteiger charge is 2.13. The van der Waals surface area contributed by atoms with Gasteiger partial charge in [0.2, 0.25) is 0 Å². The van der Waals surface area contributed by atoms with Crippen molar-refractivity contribution in [3.05, 3.63) is 59.2 Å². The van der Waals surface area contributed by atoms with Crippen molar-refractivity contribution in [1.82, 2.24) is 5.32 Å². The van der Waals surface area contributed by atoms with Crippen LogP contribution in [-0.2, 0) is 9.53 Å². The summed E-state index contributed by atoms with van der Waals surface area (Å²) in [5.74, 6) is -1.33. The fourth-order valence-electron chi connectivity index (χ4n) is 2.21. The first kappa shape index (κ1) is 19.5. The van der Waals surface area contributed by atoms with Gasteiger partial charge in [0.25, 0.3) is 5.91 Å². The van der Waals surface area contributed by atoms with Crippen molar-refractivity contribution in [3.8, 4) is 0 Å². The van der Waals surface area contributed by atoms with E-state index in [-0.39, 0.29) is 0 Å². The van der Waals surface area contributed by atoms with Crippen LogP contribution in [0.25, 0.3) is 0 Å². The van der Waals surface area contributed by atoms with Crippen LogP contribution in [0.3, 0.4) is 0 Å². The maximum atomic E-state index is 11.9. The van der Waals surface area contributed by atoms with Crippen molar-refractivity contribution in [2.24, 2.45) is 0 Å². The summed E-state index contributed by atoms with van der Waals surface area (Å²) in [6.45, 7) is 3.27. The third kappa shape index (κ3) is 5.63. The molecule has 0 heterocycles. The Morgan fingerprint density at radius 1 is 1.04 bits per heavy atom. The van der Waals surface area contributed by atoms with Gasteiger partial charge in [-0.3, -0.25) is 10.1 Å². The highest BCUT2D eigenvalue weighted by atomic mass is 32.2. The molecular weight excluding hydrogens is 352 g/mol. The van der Waals surface area contributed by atoms with Gasteiger partial charge < -0.3 is 10.1 Å². The van der Waals surface area contributed by atoms with Crippen LogP contribution in [0.5, 0.6) is 0 Å². The minimum Gasteiger partial charge on any atom is -0.452 e. The molecule has 3 amide bonds. The van der Waals surface area contributed by atoms with Crippen LogP contribution in [0.2, 0.25) is 0 Å². The van der Waals surface area contributed by atoms with Gasteiger partial charge in [0.15, 0.2) is 6.61 Å². The standard InChI is InChI=1S/C19H20N2O4S/c1-12-4-9-16(13(2)10-12)20-19(24)21-17(22)11-25-18(23)14-5-7-15(26-3)8-6-14/h4-10H,11H2,1-3H3,(H2,20,21,22,24). The van der Waals surface area contributed by atoms with Gasteiger partial charge in [0.1, 0.15) is 0 Å². The molecule has 0 atom stereocenters. The number of hydrogen-bond acceptors (Lipinski definition) is 5. The number of amides is 3. The molecule has 0 bridgehead atoms. The zero-order valence-corrected chi connectivity index (χ0v) is 15.6. The zero-order valence-electron chi connectivity index (χ0n) is 14.8. The molecule has 2 N–H and O–H groups in total. The summed E-state index contributed by atoms with van der Waals surface area (Å²) in [6.07, 6.45) is 1.93. The predicted octanol–water partition coefficient (Wildman–Crippen LogP) is 3.53. The molecule has 6 nitrogen and oxygen atoms in total. The number of ether oxygens (including phenoxy) is 1. The van der Waals surface area contributed by atoms with Crippen LogP contribution in [0.1, 0.15) is 21.5 Å². The zero-order chi connectivity index (χ0) is 19.1. The third-order valence-corrected chi connectivity index (χ3v) is 4.29. The van der Waals surface area contributed by atoms with Gasteiger partial charge in [-0.2, -0.15) is 0 Å². The highest BCUT2D eigenvalue weighted by molar-refractivity contribution is 7.98. The van der Waals surface area contributed by atoms with Crippen LogP contribution in [0.15, 0.2) is 47.4 Å². The Morgan fingerprint density at radius 3 is 2.35 bits per heavy atom. The molecule has 136 valence electrons. The van der Waals surface area contributed by atoms with E-state index in [9.17, 15) is 14.4 Å². The number of anilines is 1. The van der Waals surface area contributed by atoms with E-state index in [1.165, 1.54) is 0 Å². The third-order valence-electron chi connectivity index (χ3n) is 3.54. The number of imide groups is 1. The summed E-state index contributed by atoms with van der Waals surface area (Å²) in [5, 5.41) is 4.71. The summed E-state index contributed by atoms with van der Waals surface area (Å²) >= 11 is 1.56. The number of hydrogen-bond donors (Lipinski definition) is 2. The van der Waals surface area contributed by atoms with Crippen molar-refractivity contribution >= 4 is 35.4 Å². The van der Waals surface area contributed by atoms with Crippen molar-refractivity contribution in [2.75, 3.05) is 18.2 Å². The highest BCUT2D eigenvalue weighted by Crippen LogP contribution is 2.16. The molecule has 2 aromatic carbocycles. The van der Waals surface area contributed by atoms with E-state index in [0.717, 1.165) is 16.0 Å². The van der Waals surface area contributed by atoms with E-state index in [1.54, 1.807) is 42.1 Å². The number of benzene rings is 2. The number of carbonyl (C=O) groups is 3. The number of esters is 1. The average molecular weight is 372 g/mol. The van der Waals surface area contributed by atoms with E-state index in [4.69, 9.17) is 4.74 Å². The number of aryl methyl sites for hydroxylation is 2. The van der Waals surface area contributed by atoms with Crippen LogP contribution in [0, 0.1) is 13.8 Å². The van der Waals surface area contributed by atoms with Gasteiger partial charge in [-0.15, -0.1) is 11.8 Å². The molecular formula is C19H20N2O4S. The SMILES string of the molecule is CSc1ccc(C(=O)OCC(=O)NC(=O)Nc2ccc(C)cc2C)cc1. The molecule has 0 aliphatic carbocycles. The van der Waals surface area contributed by atoms with Crippen LogP contribution in [-0.4, -0.2) is 30.8 Å². The second-order valence-electron chi connectivity index (χ2n) is 5.63. The minimum absolute atomic E-state index is 0.343. The van der Waals surface area contributed by atoms with E-state index >= 15 is 0 Å². The molecule has 0 aromatic heterocycles. The fraction of sp³-hybridized carbons (Fsp3) is 0.211. The maximum Gasteiger partial charge on any atom is 0.338 e. The lowest BCUT2D eigenvalue weighted by molar-refractivity contribution is -0.123. The molecule has 0 fully saturated rings. The summed E-state index contributed by atoms with van der Waals surface area (Å²) in [6, 6.07) is 11.7. The van der Waals surface area contributed by atoms with Gasteiger partial charge in [-0.25, -0.2) is 9.59 Å². The monoisotopic (exact) mass is 372 g/mol. The normalized spacial score (nSPS) is 10.1. The molecule has 26 heavy (non-hydrogen) atoms. The lowest BCUT2D eigenvalue weighted by atomic mass is 10.1. The maximum absolute atomic E-state index is 11.9. The van der Waals surface area contributed by atoms with E-state index in [1.807, 2.05) is 32.2 Å². The van der Waals surface area contributed by atoms with Gasteiger partial charge in [0.05, 0.1) is 5.56 Å². The number of nitrogens with one attached hydrogen (secondary N) is 2.